The van der Waals surface area contributed by atoms with Gasteiger partial charge in [0.15, 0.2) is 11.5 Å². The normalized spacial score (nSPS) is 19.1. The molecule has 0 aliphatic carbocycles. The first kappa shape index (κ1) is 14.5. The zero-order chi connectivity index (χ0) is 14.5. The summed E-state index contributed by atoms with van der Waals surface area (Å²) in [5, 5.41) is 12.6. The Balaban J connectivity index is 1.98. The molecular formula is C13H18N2O5. The molecule has 0 aromatic carbocycles. The van der Waals surface area contributed by atoms with Crippen LogP contribution in [0.5, 0.6) is 0 Å². The fraction of sp³-hybridized carbons (Fsp3) is 0.615. The first-order valence-corrected chi connectivity index (χ1v) is 6.55. The third kappa shape index (κ3) is 3.57. The van der Waals surface area contributed by atoms with E-state index >= 15 is 0 Å². The van der Waals surface area contributed by atoms with Crippen molar-refractivity contribution in [2.45, 2.75) is 25.9 Å². The maximum atomic E-state index is 12.3. The van der Waals surface area contributed by atoms with Gasteiger partial charge in [0.2, 0.25) is 0 Å². The highest BCUT2D eigenvalue weighted by Crippen LogP contribution is 2.21. The maximum Gasteiger partial charge on any atom is 0.303 e. The highest BCUT2D eigenvalue weighted by atomic mass is 16.5. The van der Waals surface area contributed by atoms with Crippen molar-refractivity contribution in [2.75, 3.05) is 20.2 Å². The lowest BCUT2D eigenvalue weighted by atomic mass is 9.94. The molecule has 1 N–H and O–H groups in total. The van der Waals surface area contributed by atoms with Crippen LogP contribution in [-0.2, 0) is 16.1 Å². The van der Waals surface area contributed by atoms with E-state index in [1.54, 1.807) is 11.0 Å². The fourth-order valence-corrected chi connectivity index (χ4v) is 2.45. The standard InChI is InChI=1S/C13H18N2O5/c1-19-8-10-6-11(14-20-10)13(18)15-4-2-3-9(7-15)5-12(16)17/h6,9H,2-5,7-8H2,1H3,(H,16,17). The lowest BCUT2D eigenvalue weighted by Crippen LogP contribution is -2.40. The average molecular weight is 282 g/mol. The van der Waals surface area contributed by atoms with Crippen LogP contribution in [0.25, 0.3) is 0 Å². The van der Waals surface area contributed by atoms with Gasteiger partial charge in [0.1, 0.15) is 6.61 Å². The van der Waals surface area contributed by atoms with E-state index < -0.39 is 5.97 Å². The van der Waals surface area contributed by atoms with Crippen LogP contribution >= 0.6 is 0 Å². The molecule has 1 unspecified atom stereocenters. The molecule has 1 aliphatic heterocycles. The molecule has 1 saturated heterocycles. The number of nitrogens with zero attached hydrogens (tertiary/aromatic N) is 2. The third-order valence-electron chi connectivity index (χ3n) is 3.33. The minimum absolute atomic E-state index is 0.00977. The molecule has 1 aromatic heterocycles. The van der Waals surface area contributed by atoms with E-state index in [2.05, 4.69) is 5.16 Å². The van der Waals surface area contributed by atoms with Crippen LogP contribution in [0, 0.1) is 5.92 Å². The summed E-state index contributed by atoms with van der Waals surface area (Å²) >= 11 is 0. The number of amides is 1. The molecule has 7 heteroatoms. The van der Waals surface area contributed by atoms with E-state index in [1.165, 1.54) is 7.11 Å². The molecule has 1 fully saturated rings. The van der Waals surface area contributed by atoms with Gasteiger partial charge in [0, 0.05) is 32.7 Å². The number of ether oxygens (including phenoxy) is 1. The largest absolute Gasteiger partial charge is 0.481 e. The summed E-state index contributed by atoms with van der Waals surface area (Å²) in [5.74, 6) is -0.537. The molecule has 0 spiro atoms. The maximum absolute atomic E-state index is 12.3. The first-order valence-electron chi connectivity index (χ1n) is 6.55. The van der Waals surface area contributed by atoms with Gasteiger partial charge in [-0.25, -0.2) is 0 Å². The van der Waals surface area contributed by atoms with Gasteiger partial charge in [-0.2, -0.15) is 0 Å². The second-order valence-electron chi connectivity index (χ2n) is 4.97. The number of hydrogen-bond acceptors (Lipinski definition) is 5. The van der Waals surface area contributed by atoms with Gasteiger partial charge in [-0.15, -0.1) is 0 Å². The van der Waals surface area contributed by atoms with E-state index in [9.17, 15) is 9.59 Å². The Morgan fingerprint density at radius 3 is 3.10 bits per heavy atom. The smallest absolute Gasteiger partial charge is 0.303 e. The third-order valence-corrected chi connectivity index (χ3v) is 3.33. The van der Waals surface area contributed by atoms with Crippen LogP contribution in [0.15, 0.2) is 10.6 Å². The van der Waals surface area contributed by atoms with E-state index in [0.717, 1.165) is 12.8 Å². The predicted molar refractivity (Wildman–Crippen MR) is 68.1 cm³/mol. The monoisotopic (exact) mass is 282 g/mol. The van der Waals surface area contributed by atoms with Crippen LogP contribution in [0.4, 0.5) is 0 Å². The average Bonchev–Trinajstić information content (AvgIpc) is 2.86. The lowest BCUT2D eigenvalue weighted by molar-refractivity contribution is -0.138. The Labute approximate surface area is 116 Å². The number of likely N-dealkylation sites (tertiary alicyclic amines) is 1. The van der Waals surface area contributed by atoms with Crippen molar-refractivity contribution < 1.29 is 24.0 Å². The SMILES string of the molecule is COCc1cc(C(=O)N2CCCC(CC(=O)O)C2)no1. The van der Waals surface area contributed by atoms with Gasteiger partial charge in [-0.3, -0.25) is 9.59 Å². The van der Waals surface area contributed by atoms with Crippen molar-refractivity contribution >= 4 is 11.9 Å². The Morgan fingerprint density at radius 1 is 1.60 bits per heavy atom. The number of hydrogen-bond donors (Lipinski definition) is 1. The molecule has 1 atom stereocenters. The number of rotatable bonds is 5. The molecule has 7 nitrogen and oxygen atoms in total. The van der Waals surface area contributed by atoms with Crippen molar-refractivity contribution in [3.05, 3.63) is 17.5 Å². The Bertz CT molecular complexity index is 485. The number of piperidine rings is 1. The minimum Gasteiger partial charge on any atom is -0.481 e. The number of methoxy groups -OCH3 is 1. The van der Waals surface area contributed by atoms with E-state index in [4.69, 9.17) is 14.4 Å². The summed E-state index contributed by atoms with van der Waals surface area (Å²) in [5.41, 5.74) is 0.244. The summed E-state index contributed by atoms with van der Waals surface area (Å²) in [6.07, 6.45) is 1.74. The molecule has 110 valence electrons. The fourth-order valence-electron chi connectivity index (χ4n) is 2.45. The molecule has 0 saturated carbocycles. The quantitative estimate of drug-likeness (QED) is 0.870. The van der Waals surface area contributed by atoms with Crippen molar-refractivity contribution in [3.8, 4) is 0 Å². The van der Waals surface area contributed by atoms with Gasteiger partial charge >= 0.3 is 5.97 Å². The molecule has 2 rings (SSSR count). The Hall–Kier alpha value is -1.89. The van der Waals surface area contributed by atoms with E-state index in [-0.39, 0.29) is 30.5 Å². The molecular weight excluding hydrogens is 264 g/mol. The van der Waals surface area contributed by atoms with Crippen LogP contribution in [-0.4, -0.2) is 47.2 Å². The topological polar surface area (TPSA) is 92.9 Å². The van der Waals surface area contributed by atoms with Crippen molar-refractivity contribution in [1.29, 1.82) is 0 Å². The molecule has 1 amide bonds. The lowest BCUT2D eigenvalue weighted by Gasteiger charge is -2.31. The van der Waals surface area contributed by atoms with Crippen LogP contribution in [0.2, 0.25) is 0 Å². The number of carboxylic acids is 1. The summed E-state index contributed by atoms with van der Waals surface area (Å²) in [6.45, 7) is 1.35. The Kier molecular flexibility index (Phi) is 4.73. The highest BCUT2D eigenvalue weighted by molar-refractivity contribution is 5.92. The minimum atomic E-state index is -0.826. The summed E-state index contributed by atoms with van der Waals surface area (Å²) in [7, 11) is 1.53. The number of aliphatic carboxylic acids is 1. The van der Waals surface area contributed by atoms with Crippen molar-refractivity contribution in [1.82, 2.24) is 10.1 Å². The van der Waals surface area contributed by atoms with E-state index in [0.29, 0.717) is 18.8 Å². The molecule has 2 heterocycles. The Morgan fingerprint density at radius 2 is 2.40 bits per heavy atom. The highest BCUT2D eigenvalue weighted by Gasteiger charge is 2.27. The molecule has 1 aliphatic rings. The van der Waals surface area contributed by atoms with Crippen LogP contribution in [0.3, 0.4) is 0 Å². The van der Waals surface area contributed by atoms with Crippen LogP contribution < -0.4 is 0 Å². The van der Waals surface area contributed by atoms with Gasteiger partial charge in [0.25, 0.3) is 5.91 Å². The second kappa shape index (κ2) is 6.51. The first-order chi connectivity index (χ1) is 9.60. The van der Waals surface area contributed by atoms with Gasteiger partial charge in [-0.1, -0.05) is 5.16 Å². The number of aromatic nitrogens is 1. The molecule has 20 heavy (non-hydrogen) atoms. The van der Waals surface area contributed by atoms with Gasteiger partial charge in [0.05, 0.1) is 0 Å². The summed E-state index contributed by atoms with van der Waals surface area (Å²) < 4.78 is 9.90. The summed E-state index contributed by atoms with van der Waals surface area (Å²) in [6, 6.07) is 1.56. The zero-order valence-corrected chi connectivity index (χ0v) is 11.4. The summed E-state index contributed by atoms with van der Waals surface area (Å²) in [4.78, 5) is 24.7. The zero-order valence-electron chi connectivity index (χ0n) is 11.4. The van der Waals surface area contributed by atoms with Gasteiger partial charge in [-0.05, 0) is 18.8 Å². The van der Waals surface area contributed by atoms with Gasteiger partial charge < -0.3 is 19.3 Å². The van der Waals surface area contributed by atoms with Crippen LogP contribution in [0.1, 0.15) is 35.5 Å². The number of carboxylic acid groups (broad SMARTS) is 1. The second-order valence-corrected chi connectivity index (χ2v) is 4.97. The molecule has 0 radical (unpaired) electrons. The van der Waals surface area contributed by atoms with Crippen molar-refractivity contribution in [3.63, 3.8) is 0 Å². The number of carbonyl (C=O) groups excluding carboxylic acids is 1. The molecule has 1 aromatic rings. The van der Waals surface area contributed by atoms with Crippen molar-refractivity contribution in [2.24, 2.45) is 5.92 Å². The number of carbonyl (C=O) groups is 2. The predicted octanol–water partition coefficient (Wildman–Crippen LogP) is 1.15. The molecule has 0 bridgehead atoms. The van der Waals surface area contributed by atoms with E-state index in [1.807, 2.05) is 0 Å².